The van der Waals surface area contributed by atoms with E-state index in [1.54, 1.807) is 29.2 Å². The molecule has 0 spiro atoms. The van der Waals surface area contributed by atoms with Crippen molar-refractivity contribution in [2.24, 2.45) is 0 Å². The second kappa shape index (κ2) is 14.0. The van der Waals surface area contributed by atoms with Crippen molar-refractivity contribution in [3.05, 3.63) is 53.2 Å². The van der Waals surface area contributed by atoms with Gasteiger partial charge >= 0.3 is 18.5 Å². The molecule has 56 heavy (non-hydrogen) atoms. The first-order valence-electron chi connectivity index (χ1n) is 19.0. The van der Waals surface area contributed by atoms with Gasteiger partial charge in [-0.25, -0.2) is 18.6 Å². The molecule has 0 N–H and O–H groups in total. The average Bonchev–Trinajstić information content (AvgIpc) is 3.63. The zero-order chi connectivity index (χ0) is 39.7. The van der Waals surface area contributed by atoms with E-state index in [0.29, 0.717) is 78.6 Å². The van der Waals surface area contributed by atoms with Gasteiger partial charge in [-0.2, -0.15) is 9.97 Å². The number of carbonyl (C=O) groups is 1. The highest BCUT2D eigenvalue weighted by Gasteiger charge is 2.52. The van der Waals surface area contributed by atoms with E-state index in [4.69, 9.17) is 25.9 Å². The van der Waals surface area contributed by atoms with Gasteiger partial charge in [0.1, 0.15) is 35.1 Å². The summed E-state index contributed by atoms with van der Waals surface area (Å²) in [6.45, 7) is 8.75. The third kappa shape index (κ3) is 6.84. The number of rotatable bonds is 6. The van der Waals surface area contributed by atoms with Gasteiger partial charge in [-0.3, -0.25) is 9.64 Å². The molecule has 0 aliphatic carbocycles. The van der Waals surface area contributed by atoms with Crippen LogP contribution in [0.4, 0.5) is 32.6 Å². The molecular formula is C41H43F5N6O4. The Kier molecular flexibility index (Phi) is 9.51. The van der Waals surface area contributed by atoms with Gasteiger partial charge in [-0.15, -0.1) is 19.6 Å². The number of fused-ring (bicyclic) bond motifs is 4. The highest BCUT2D eigenvalue weighted by Crippen LogP contribution is 2.44. The molecule has 2 aromatic heterocycles. The molecule has 15 heteroatoms. The molecular weight excluding hydrogens is 735 g/mol. The quantitative estimate of drug-likeness (QED) is 0.144. The van der Waals surface area contributed by atoms with Crippen molar-refractivity contribution in [2.45, 2.75) is 102 Å². The first-order chi connectivity index (χ1) is 26.6. The zero-order valence-corrected chi connectivity index (χ0v) is 31.7. The summed E-state index contributed by atoms with van der Waals surface area (Å²) in [7, 11) is 0. The van der Waals surface area contributed by atoms with Gasteiger partial charge in [-0.1, -0.05) is 37.1 Å². The summed E-state index contributed by atoms with van der Waals surface area (Å²) >= 11 is 0. The molecule has 0 saturated carbocycles. The maximum atomic E-state index is 17.3. The lowest BCUT2D eigenvalue weighted by Crippen LogP contribution is -2.60. The van der Waals surface area contributed by atoms with Crippen molar-refractivity contribution in [2.75, 3.05) is 37.7 Å². The van der Waals surface area contributed by atoms with Crippen LogP contribution in [0.1, 0.15) is 71.1 Å². The maximum absolute atomic E-state index is 17.3. The summed E-state index contributed by atoms with van der Waals surface area (Å²) < 4.78 is 88.7. The second-order valence-electron chi connectivity index (χ2n) is 16.2. The number of ether oxygens (including phenoxy) is 3. The Morgan fingerprint density at radius 1 is 1.05 bits per heavy atom. The first-order valence-corrected chi connectivity index (χ1v) is 19.0. The van der Waals surface area contributed by atoms with Crippen molar-refractivity contribution < 1.29 is 41.0 Å². The number of benzene rings is 2. The molecule has 0 unspecified atom stereocenters. The summed E-state index contributed by atoms with van der Waals surface area (Å²) in [6.07, 6.45) is 2.49. The smallest absolute Gasteiger partial charge is 0.461 e. The number of alkyl halides is 3. The van der Waals surface area contributed by atoms with Crippen LogP contribution < -0.4 is 9.64 Å². The molecule has 8 rings (SSSR count). The molecule has 4 atom stereocenters. The van der Waals surface area contributed by atoms with Crippen LogP contribution in [0, 0.1) is 24.0 Å². The van der Waals surface area contributed by atoms with E-state index >= 15 is 8.78 Å². The summed E-state index contributed by atoms with van der Waals surface area (Å²) in [5, 5.41) is 1.33. The monoisotopic (exact) mass is 778 g/mol. The molecule has 3 saturated heterocycles. The van der Waals surface area contributed by atoms with Crippen LogP contribution in [-0.2, 0) is 15.9 Å². The summed E-state index contributed by atoms with van der Waals surface area (Å²) in [6, 6.07) is 7.29. The van der Waals surface area contributed by atoms with E-state index in [1.807, 2.05) is 32.6 Å². The molecule has 4 aromatic rings. The van der Waals surface area contributed by atoms with Gasteiger partial charge in [0, 0.05) is 36.6 Å². The largest absolute Gasteiger partial charge is 0.522 e. The molecule has 10 nitrogen and oxygen atoms in total. The van der Waals surface area contributed by atoms with Gasteiger partial charge in [-0.05, 0) is 77.3 Å². The standard InChI is InChI=1S/C41H43F5N6O4/c1-6-24-19-51-25(20-52(24)38(53)56-39(3,4)5)13-15-30-32-35(33(43)34(47-30)28-11-8-10-23-12-14-29(42)27(7-2)31(23)28)48-37(49-36(32)51)54-22-40-16-9-17-50(40)21-26(18-40)55-41(44,45)46/h2,8,10-12,14,24-26H,6,9,13,15-22H2,1,3-5H3/t24-,25-,26+,40+/m1/s1. The summed E-state index contributed by atoms with van der Waals surface area (Å²) in [4.78, 5) is 33.7. The van der Waals surface area contributed by atoms with Crippen LogP contribution in [0.15, 0.2) is 30.3 Å². The highest BCUT2D eigenvalue weighted by molar-refractivity contribution is 6.03. The normalized spacial score (nSPS) is 23.9. The van der Waals surface area contributed by atoms with Crippen LogP contribution in [-0.4, -0.2) is 99.3 Å². The predicted molar refractivity (Wildman–Crippen MR) is 199 cm³/mol. The van der Waals surface area contributed by atoms with Crippen molar-refractivity contribution in [3.8, 4) is 29.6 Å². The van der Waals surface area contributed by atoms with Gasteiger partial charge < -0.3 is 19.3 Å². The Bertz CT molecular complexity index is 2260. The Hall–Kier alpha value is -4.81. The van der Waals surface area contributed by atoms with E-state index in [9.17, 15) is 18.0 Å². The minimum atomic E-state index is -4.77. The van der Waals surface area contributed by atoms with E-state index in [2.05, 4.69) is 20.5 Å². The lowest BCUT2D eigenvalue weighted by molar-refractivity contribution is -0.340. The number of hydrogen-bond donors (Lipinski definition) is 0. The average molecular weight is 779 g/mol. The molecule has 0 radical (unpaired) electrons. The zero-order valence-electron chi connectivity index (χ0n) is 31.7. The molecule has 4 aliphatic heterocycles. The first kappa shape index (κ1) is 38.1. The van der Waals surface area contributed by atoms with Gasteiger partial charge in [0.15, 0.2) is 5.82 Å². The van der Waals surface area contributed by atoms with Crippen LogP contribution in [0.2, 0.25) is 0 Å². The van der Waals surface area contributed by atoms with Crippen molar-refractivity contribution in [3.63, 3.8) is 0 Å². The number of aryl methyl sites for hydroxylation is 1. The molecule has 6 heterocycles. The Balaban J connectivity index is 1.25. The number of anilines is 1. The lowest BCUT2D eigenvalue weighted by atomic mass is 9.94. The lowest BCUT2D eigenvalue weighted by Gasteiger charge is -2.46. The van der Waals surface area contributed by atoms with Crippen molar-refractivity contribution in [1.82, 2.24) is 24.8 Å². The molecule has 3 fully saturated rings. The Morgan fingerprint density at radius 2 is 1.86 bits per heavy atom. The Labute approximate surface area is 321 Å². The minimum absolute atomic E-state index is 0.0209. The van der Waals surface area contributed by atoms with Crippen molar-refractivity contribution >= 4 is 33.6 Å². The molecule has 2 aromatic carbocycles. The maximum Gasteiger partial charge on any atom is 0.522 e. The fourth-order valence-corrected chi connectivity index (χ4v) is 9.12. The number of pyridine rings is 1. The van der Waals surface area contributed by atoms with Gasteiger partial charge in [0.05, 0.1) is 34.3 Å². The van der Waals surface area contributed by atoms with Crippen LogP contribution >= 0.6 is 0 Å². The molecule has 0 bridgehead atoms. The van der Waals surface area contributed by atoms with Gasteiger partial charge in [0.25, 0.3) is 0 Å². The van der Waals surface area contributed by atoms with Crippen LogP contribution in [0.5, 0.6) is 6.01 Å². The number of halogens is 5. The summed E-state index contributed by atoms with van der Waals surface area (Å²) in [5.74, 6) is 1.41. The fourth-order valence-electron chi connectivity index (χ4n) is 9.12. The predicted octanol–water partition coefficient (Wildman–Crippen LogP) is 7.78. The van der Waals surface area contributed by atoms with E-state index in [1.165, 1.54) is 6.07 Å². The number of amides is 1. The number of nitrogens with zero attached hydrogens (tertiary/aromatic N) is 6. The number of carbonyl (C=O) groups excluding carboxylic acids is 1. The molecule has 296 valence electrons. The van der Waals surface area contributed by atoms with Gasteiger partial charge in [0.2, 0.25) is 0 Å². The SMILES string of the molecule is C#Cc1c(F)ccc2cccc(-c3nc4c5c(nc(OC[C@@]67CCCN6C[C@@H](OC(F)(F)F)C7)nc5c3F)N3C[C@@H](CC)N(C(=O)OC(C)(C)C)C[C@H]3CC4)c12. The fraction of sp³-hybridized carbons (Fsp3) is 0.512. The number of hydrogen-bond acceptors (Lipinski definition) is 9. The van der Waals surface area contributed by atoms with E-state index in [0.717, 1.165) is 6.42 Å². The highest BCUT2D eigenvalue weighted by atomic mass is 19.4. The summed E-state index contributed by atoms with van der Waals surface area (Å²) in [5.41, 5.74) is -0.792. The topological polar surface area (TPSA) is 93.2 Å². The van der Waals surface area contributed by atoms with Crippen LogP contribution in [0.25, 0.3) is 32.9 Å². The van der Waals surface area contributed by atoms with E-state index < -0.39 is 41.3 Å². The third-order valence-corrected chi connectivity index (χ3v) is 11.5. The third-order valence-electron chi connectivity index (χ3n) is 11.5. The number of piperazine rings is 1. The number of aromatic nitrogens is 3. The minimum Gasteiger partial charge on any atom is -0.461 e. The molecule has 4 aliphatic rings. The number of terminal acetylenes is 1. The van der Waals surface area contributed by atoms with Crippen molar-refractivity contribution in [1.29, 1.82) is 0 Å². The second-order valence-corrected chi connectivity index (χ2v) is 16.2. The molecule has 1 amide bonds. The van der Waals surface area contributed by atoms with E-state index in [-0.39, 0.29) is 54.4 Å². The Morgan fingerprint density at radius 3 is 2.59 bits per heavy atom. The van der Waals surface area contributed by atoms with Crippen LogP contribution in [0.3, 0.4) is 0 Å².